The fourth-order valence-electron chi connectivity index (χ4n) is 16.7. The molecular formula is C100H152N24O25. The van der Waals surface area contributed by atoms with Crippen molar-refractivity contribution in [3.63, 3.8) is 0 Å². The number of hydrogen-bond acceptors (Lipinski definition) is 29. The van der Waals surface area contributed by atoms with E-state index in [0.29, 0.717) is 49.8 Å². The molecule has 0 aliphatic carbocycles. The lowest BCUT2D eigenvalue weighted by Crippen LogP contribution is -2.61. The number of fused-ring (bicyclic) bond motifs is 2. The van der Waals surface area contributed by atoms with E-state index in [-0.39, 0.29) is 133 Å². The summed E-state index contributed by atoms with van der Waals surface area (Å²) in [7, 11) is 1.57. The summed E-state index contributed by atoms with van der Waals surface area (Å²) in [5.74, 6) is -13.7. The van der Waals surface area contributed by atoms with E-state index in [1.165, 1.54) is 94.4 Å². The second-order valence-corrected chi connectivity index (χ2v) is 37.0. The molecule has 0 radical (unpaired) electrons. The van der Waals surface area contributed by atoms with Crippen LogP contribution in [0.25, 0.3) is 10.9 Å². The number of likely N-dealkylation sites (N-methyl/N-ethyl adjacent to an activating group) is 1. The summed E-state index contributed by atoms with van der Waals surface area (Å²) >= 11 is 0. The second kappa shape index (κ2) is 69.2. The molecule has 7 rings (SSSR count). The zero-order chi connectivity index (χ0) is 109. The number of aliphatic hydroxyl groups is 2. The summed E-state index contributed by atoms with van der Waals surface area (Å²) in [5, 5.41) is 98.6. The minimum absolute atomic E-state index is 0.00372. The number of aryl methyl sites for hydroxylation is 1. The summed E-state index contributed by atoms with van der Waals surface area (Å²) in [6.45, 7) is 0.738. The van der Waals surface area contributed by atoms with Crippen LogP contribution in [0.3, 0.4) is 0 Å². The number of hydrogen-bond donors (Lipinski definition) is 23. The smallest absolute Gasteiger partial charge is 0.317 e. The number of carbonyl (C=O) groups excluding carboxylic acids is 16. The van der Waals surface area contributed by atoms with Crippen molar-refractivity contribution in [1.82, 2.24) is 105 Å². The molecule has 26 N–H and O–H groups in total. The van der Waals surface area contributed by atoms with E-state index in [4.69, 9.17) is 26.7 Å². The van der Waals surface area contributed by atoms with Gasteiger partial charge in [-0.1, -0.05) is 156 Å². The highest BCUT2D eigenvalue weighted by atomic mass is 16.5. The first kappa shape index (κ1) is 124. The number of nitrogens with two attached hydrogens (primary N) is 3. The van der Waals surface area contributed by atoms with Gasteiger partial charge in [-0.3, -0.25) is 96.2 Å². The van der Waals surface area contributed by atoms with Gasteiger partial charge in [-0.25, -0.2) is 0 Å². The van der Waals surface area contributed by atoms with Crippen LogP contribution in [0.1, 0.15) is 217 Å². The summed E-state index contributed by atoms with van der Waals surface area (Å²) in [6, 6.07) is 7.25. The SMILES string of the molecule is CCCC[C@H](NC(=O)[C@H](CN(CC(=O)O)CC(=O)O)NC(=O)[C@H](Cc1ccc(O)cc1)NC(=O)[C@H](CCC(N)=O)NC(=O)[C@H](CO)NC(=O)CNC(=O)COCCOCCNC(=O)CCCCCCCCCCCCCCCc1nn[nH]n1)C(C)=O.CN[C@H]1CCC(=O)NCCCC[C@@H](C(C)=O)NC(=O)[C@H](Cc2c[nH]c3ccccc23)NC(=O)[C@H](CCCN=C(N)N)NC(=O)[C@@H](Cc2ccccc2)NC(=O)[C@@H]2C[C@@H](O)CN2C1=O. The molecule has 0 spiro atoms. The van der Waals surface area contributed by atoms with Crippen molar-refractivity contribution in [2.24, 2.45) is 22.2 Å². The lowest BCUT2D eigenvalue weighted by Gasteiger charge is -2.30. The van der Waals surface area contributed by atoms with Gasteiger partial charge in [-0.2, -0.15) is 5.21 Å². The molecule has 0 bridgehead atoms. The van der Waals surface area contributed by atoms with Crippen molar-refractivity contribution < 1.29 is 121 Å². The van der Waals surface area contributed by atoms with Gasteiger partial charge < -0.3 is 131 Å². The van der Waals surface area contributed by atoms with Gasteiger partial charge in [-0.15, -0.1) is 10.2 Å². The minimum Gasteiger partial charge on any atom is -0.508 e. The number of nitrogens with zero attached hydrogens (tertiary/aromatic N) is 6. The van der Waals surface area contributed by atoms with Gasteiger partial charge >= 0.3 is 11.9 Å². The number of carbonyl (C=O) groups is 18. The lowest BCUT2D eigenvalue weighted by atomic mass is 10.0. The van der Waals surface area contributed by atoms with E-state index in [2.05, 4.69) is 99.7 Å². The molecule has 2 aliphatic rings. The average Bonchev–Trinajstić information content (AvgIpc) is 1.65. The predicted molar refractivity (Wildman–Crippen MR) is 545 cm³/mol. The zero-order valence-electron chi connectivity index (χ0n) is 85.4. The Morgan fingerprint density at radius 2 is 1.19 bits per heavy atom. The fourth-order valence-corrected chi connectivity index (χ4v) is 16.7. The Morgan fingerprint density at radius 3 is 1.83 bits per heavy atom. The Balaban J connectivity index is 0.000000475. The number of ketones is 2. The molecule has 2 fully saturated rings. The molecule has 2 aliphatic heterocycles. The average molecular weight is 2090 g/mol. The molecule has 822 valence electrons. The molecule has 4 heterocycles. The number of phenolic OH excluding ortho intramolecular Hbond substituents is 1. The largest absolute Gasteiger partial charge is 0.508 e. The van der Waals surface area contributed by atoms with E-state index in [1.54, 1.807) is 43.6 Å². The quantitative estimate of drug-likeness (QED) is 0.0120. The number of primary amides is 1. The number of aliphatic imine (C=N–C) groups is 1. The van der Waals surface area contributed by atoms with Crippen LogP contribution in [0.5, 0.6) is 5.75 Å². The van der Waals surface area contributed by atoms with Crippen molar-refractivity contribution in [2.45, 2.75) is 292 Å². The third kappa shape index (κ3) is 49.1. The number of phenols is 1. The zero-order valence-corrected chi connectivity index (χ0v) is 85.4. The summed E-state index contributed by atoms with van der Waals surface area (Å²) in [4.78, 5) is 247. The van der Waals surface area contributed by atoms with Gasteiger partial charge in [0.1, 0.15) is 60.7 Å². The molecular weight excluding hydrogens is 1940 g/mol. The molecule has 0 unspecified atom stereocenters. The molecule has 5 aromatic rings. The normalized spacial score (nSPS) is 18.0. The highest BCUT2D eigenvalue weighted by Crippen LogP contribution is 2.25. The number of para-hydroxylation sites is 1. The van der Waals surface area contributed by atoms with Crippen LogP contribution in [0, 0.1) is 0 Å². The standard InChI is InChI=1S/C56H91N13O17.C44H61N11O8/c1-3-4-18-41(38(2)71)61-55(83)44(33-69(34-51(77)78)35-52(79)80)64-54(82)43(31-39-21-23-40(72)24-22-39)63-53(81)42(25-26-46(57)73)62-56(84)45(36-70)60-49(75)32-59-50(76)37-86-30-29-85-28-27-58-48(74)20-17-15-13-11-9-7-5-6-8-10-12-14-16-19-47-65-67-68-66-47;1-26(56)31-14-8-9-19-48-38(58)18-17-34(47-2)43(63)55-25-29(57)23-37(55)42(62)54-35(21-27-11-4-3-5-12-27)40(60)52-33(16-10-20-49-44(45)46)39(59)53-36(41(61)51-31)22-28-24-50-32-15-7-6-13-30(28)32/h21-24,41-45,70,72H,3-20,25-37H2,1-2H3,(H2,57,73)(H,58,74)(H,59,76)(H,60,75)(H,61,83)(H,62,84)(H,63,81)(H,64,82)(H,77,78)(H,79,80)(H,65,66,67,68);3-7,11-13,15,24,29,31,33-37,47,50,57H,8-10,14,16-23,25H2,1-2H3,(H,48,58)(H,51,61)(H,52,60)(H,53,59)(H,54,62)(H4,45,46,49)/t41-,42-,43-,44-,45-;29-,31+,33+,34+,35-,36+,37+/m01/s1. The fraction of sp³-hybridized carbons (Fsp3) is 0.600. The number of aliphatic carboxylic acids is 2. The highest BCUT2D eigenvalue weighted by molar-refractivity contribution is 6.00. The maximum absolute atomic E-state index is 14.4. The number of aromatic amines is 2. The highest BCUT2D eigenvalue weighted by Gasteiger charge is 2.44. The van der Waals surface area contributed by atoms with Crippen molar-refractivity contribution in [3.05, 3.63) is 108 Å². The number of unbranched alkanes of at least 4 members (excludes halogenated alkanes) is 13. The number of H-pyrrole nitrogens is 2. The molecule has 49 nitrogen and oxygen atoms in total. The number of amides is 14. The summed E-state index contributed by atoms with van der Waals surface area (Å²) in [6.07, 6.45) is 18.6. The minimum atomic E-state index is -1.73. The van der Waals surface area contributed by atoms with Crippen molar-refractivity contribution in [2.75, 3.05) is 92.4 Å². The van der Waals surface area contributed by atoms with E-state index in [9.17, 15) is 112 Å². The van der Waals surface area contributed by atoms with Gasteiger partial charge in [0.05, 0.1) is 70.3 Å². The Kier molecular flexibility index (Phi) is 57.4. The molecule has 3 aromatic carbocycles. The van der Waals surface area contributed by atoms with Crippen LogP contribution in [0.2, 0.25) is 0 Å². The van der Waals surface area contributed by atoms with Gasteiger partial charge in [0.2, 0.25) is 82.7 Å². The number of aliphatic hydroxyl groups excluding tert-OH is 2. The number of carboxylic acids is 2. The number of carboxylic acid groups (broad SMARTS) is 2. The molecule has 0 saturated carbocycles. The summed E-state index contributed by atoms with van der Waals surface area (Å²) in [5.41, 5.74) is 19.0. The third-order valence-electron chi connectivity index (χ3n) is 24.9. The van der Waals surface area contributed by atoms with E-state index in [0.717, 1.165) is 65.7 Å². The van der Waals surface area contributed by atoms with Crippen LogP contribution in [-0.2, 0) is 121 Å². The lowest BCUT2D eigenvalue weighted by molar-refractivity contribution is -0.143. The molecule has 12 atom stereocenters. The van der Waals surface area contributed by atoms with E-state index < -0.39 is 213 Å². The predicted octanol–water partition coefficient (Wildman–Crippen LogP) is -1.49. The monoisotopic (exact) mass is 2090 g/mol. The van der Waals surface area contributed by atoms with Crippen LogP contribution >= 0.6 is 0 Å². The van der Waals surface area contributed by atoms with Gasteiger partial charge in [-0.05, 0) is 120 Å². The number of guanidine groups is 1. The number of ether oxygens (including phenoxy) is 2. The Labute approximate surface area is 865 Å². The van der Waals surface area contributed by atoms with Crippen LogP contribution < -0.4 is 86.3 Å². The van der Waals surface area contributed by atoms with Crippen LogP contribution in [-0.4, -0.2) is 338 Å². The number of aromatic hydroxyl groups is 1. The van der Waals surface area contributed by atoms with Crippen molar-refractivity contribution in [1.29, 1.82) is 0 Å². The van der Waals surface area contributed by atoms with Crippen molar-refractivity contribution >= 4 is 123 Å². The number of benzene rings is 3. The molecule has 149 heavy (non-hydrogen) atoms. The number of nitrogens with one attached hydrogen (secondary N) is 15. The van der Waals surface area contributed by atoms with Gasteiger partial charge in [0, 0.05) is 101 Å². The molecule has 2 saturated heterocycles. The Hall–Kier alpha value is -14.0. The maximum atomic E-state index is 14.4. The van der Waals surface area contributed by atoms with Crippen LogP contribution in [0.15, 0.2) is 90.1 Å². The molecule has 14 amide bonds. The van der Waals surface area contributed by atoms with E-state index >= 15 is 0 Å². The molecule has 2 aromatic heterocycles. The van der Waals surface area contributed by atoms with Crippen LogP contribution in [0.4, 0.5) is 0 Å². The topological polar surface area (TPSA) is 750 Å². The summed E-state index contributed by atoms with van der Waals surface area (Å²) < 4.78 is 10.7. The van der Waals surface area contributed by atoms with Gasteiger partial charge in [0.25, 0.3) is 0 Å². The first-order valence-corrected chi connectivity index (χ1v) is 51.0. The van der Waals surface area contributed by atoms with E-state index in [1.807, 2.05) is 31.2 Å². The van der Waals surface area contributed by atoms with Crippen molar-refractivity contribution in [3.8, 4) is 5.75 Å². The maximum Gasteiger partial charge on any atom is 0.317 e. The number of Topliss-reactive ketones (excluding diaryl/α,β-unsaturated/α-hetero) is 2. The number of rotatable bonds is 61. The number of aromatic nitrogens is 5. The number of tetrazole rings is 1. The first-order valence-electron chi connectivity index (χ1n) is 51.0. The van der Waals surface area contributed by atoms with Gasteiger partial charge in [0.15, 0.2) is 23.4 Å². The third-order valence-corrected chi connectivity index (χ3v) is 24.9. The second-order valence-electron chi connectivity index (χ2n) is 37.0. The Bertz CT molecular complexity index is 5090. The Morgan fingerprint density at radius 1 is 0.597 bits per heavy atom. The molecule has 49 heteroatoms. The first-order chi connectivity index (χ1) is 71.4.